The van der Waals surface area contributed by atoms with Crippen LogP contribution in [0.2, 0.25) is 0 Å². The zero-order chi connectivity index (χ0) is 13.4. The Balaban J connectivity index is 2.89. The Morgan fingerprint density at radius 3 is 2.61 bits per heavy atom. The van der Waals surface area contributed by atoms with E-state index in [1.807, 2.05) is 19.1 Å². The molecule has 0 unspecified atom stereocenters. The predicted octanol–water partition coefficient (Wildman–Crippen LogP) is 5.43. The Bertz CT molecular complexity index is 452. The number of allylic oxidation sites excluding steroid dienone is 5. The van der Waals surface area contributed by atoms with Gasteiger partial charge in [0.25, 0.3) is 0 Å². The van der Waals surface area contributed by atoms with Gasteiger partial charge in [-0.2, -0.15) is 12.6 Å². The molecule has 0 fully saturated rings. The number of rotatable bonds is 5. The molecule has 0 spiro atoms. The first-order valence-corrected chi connectivity index (χ1v) is 6.94. The van der Waals surface area contributed by atoms with Crippen molar-refractivity contribution in [1.29, 1.82) is 0 Å². The zero-order valence-electron chi connectivity index (χ0n) is 11.4. The molecule has 0 N–H and O–H groups in total. The molecule has 1 aromatic carbocycles. The molecule has 18 heavy (non-hydrogen) atoms. The van der Waals surface area contributed by atoms with Crippen molar-refractivity contribution >= 4 is 12.6 Å². The maximum Gasteiger partial charge on any atom is 0.0455 e. The van der Waals surface area contributed by atoms with Crippen molar-refractivity contribution in [2.45, 2.75) is 32.4 Å². The molecule has 0 aromatic heterocycles. The average molecular weight is 258 g/mol. The number of hydrogen-bond acceptors (Lipinski definition) is 1. The van der Waals surface area contributed by atoms with E-state index in [9.17, 15) is 0 Å². The van der Waals surface area contributed by atoms with Crippen molar-refractivity contribution in [2.24, 2.45) is 0 Å². The summed E-state index contributed by atoms with van der Waals surface area (Å²) in [6.45, 7) is 6.33. The van der Waals surface area contributed by atoms with Gasteiger partial charge in [-0.25, -0.2) is 0 Å². The minimum absolute atomic E-state index is 0.163. The summed E-state index contributed by atoms with van der Waals surface area (Å²) in [7, 11) is 0. The topological polar surface area (TPSA) is 0 Å². The molecule has 0 aliphatic heterocycles. The standard InChI is InChI=1S/C17H22S/c1-4-6-7-11-15(5-2)13-17(18)16-12-9-8-10-14(16)3/h4,6-13,17-18H,5H2,1-3H3/b6-4-,11-7-,15-13+/t17-/m0/s1. The van der Waals surface area contributed by atoms with Gasteiger partial charge >= 0.3 is 0 Å². The molecular formula is C17H22S. The molecule has 0 aliphatic rings. The molecule has 0 bridgehead atoms. The van der Waals surface area contributed by atoms with E-state index in [1.54, 1.807) is 0 Å². The SMILES string of the molecule is C\C=C/C=C\C(=C\[C@H](S)c1ccccc1C)CC. The van der Waals surface area contributed by atoms with E-state index in [0.717, 1.165) is 6.42 Å². The highest BCUT2D eigenvalue weighted by Gasteiger charge is 2.05. The summed E-state index contributed by atoms with van der Waals surface area (Å²) in [5.41, 5.74) is 3.89. The Labute approximate surface area is 117 Å². The number of hydrogen-bond donors (Lipinski definition) is 1. The zero-order valence-corrected chi connectivity index (χ0v) is 12.3. The van der Waals surface area contributed by atoms with Crippen LogP contribution in [0.15, 0.2) is 60.2 Å². The fourth-order valence-corrected chi connectivity index (χ4v) is 2.27. The van der Waals surface area contributed by atoms with Crippen LogP contribution in [0.25, 0.3) is 0 Å². The largest absolute Gasteiger partial charge is 0.167 e. The first-order chi connectivity index (χ1) is 8.69. The highest BCUT2D eigenvalue weighted by Crippen LogP contribution is 2.26. The van der Waals surface area contributed by atoms with Gasteiger partial charge in [0.1, 0.15) is 0 Å². The van der Waals surface area contributed by atoms with Crippen LogP contribution in [-0.2, 0) is 0 Å². The van der Waals surface area contributed by atoms with Crippen molar-refractivity contribution in [3.05, 3.63) is 71.3 Å². The van der Waals surface area contributed by atoms with Gasteiger partial charge in [0, 0.05) is 5.25 Å². The monoisotopic (exact) mass is 258 g/mol. The Morgan fingerprint density at radius 1 is 1.28 bits per heavy atom. The van der Waals surface area contributed by atoms with Crippen LogP contribution in [0.3, 0.4) is 0 Å². The van der Waals surface area contributed by atoms with Crippen molar-refractivity contribution in [3.63, 3.8) is 0 Å². The van der Waals surface area contributed by atoms with Gasteiger partial charge in [-0.05, 0) is 31.4 Å². The van der Waals surface area contributed by atoms with E-state index in [2.05, 4.69) is 56.3 Å². The Kier molecular flexibility index (Phi) is 6.59. The van der Waals surface area contributed by atoms with Crippen molar-refractivity contribution in [2.75, 3.05) is 0 Å². The molecule has 1 rings (SSSR count). The summed E-state index contributed by atoms with van der Waals surface area (Å²) in [5.74, 6) is 0. The minimum atomic E-state index is 0.163. The van der Waals surface area contributed by atoms with E-state index in [-0.39, 0.29) is 5.25 Å². The summed E-state index contributed by atoms with van der Waals surface area (Å²) >= 11 is 4.70. The molecule has 1 heteroatoms. The molecule has 0 saturated carbocycles. The van der Waals surface area contributed by atoms with E-state index < -0.39 is 0 Å². The lowest BCUT2D eigenvalue weighted by Gasteiger charge is -2.11. The number of aryl methyl sites for hydroxylation is 1. The lowest BCUT2D eigenvalue weighted by molar-refractivity contribution is 1.10. The molecule has 1 atom stereocenters. The predicted molar refractivity (Wildman–Crippen MR) is 85.2 cm³/mol. The van der Waals surface area contributed by atoms with Crippen molar-refractivity contribution in [3.8, 4) is 0 Å². The normalized spacial score (nSPS) is 14.6. The highest BCUT2D eigenvalue weighted by atomic mass is 32.1. The second-order valence-corrected chi connectivity index (χ2v) is 4.84. The molecule has 0 heterocycles. The Morgan fingerprint density at radius 2 is 2.00 bits per heavy atom. The van der Waals surface area contributed by atoms with Gasteiger partial charge in [-0.3, -0.25) is 0 Å². The van der Waals surface area contributed by atoms with Gasteiger partial charge in [0.05, 0.1) is 0 Å². The maximum absolute atomic E-state index is 4.70. The van der Waals surface area contributed by atoms with Crippen LogP contribution in [-0.4, -0.2) is 0 Å². The third-order valence-corrected chi connectivity index (χ3v) is 3.33. The number of benzene rings is 1. The number of thiol groups is 1. The van der Waals surface area contributed by atoms with E-state index in [1.165, 1.54) is 16.7 Å². The van der Waals surface area contributed by atoms with Crippen molar-refractivity contribution < 1.29 is 0 Å². The minimum Gasteiger partial charge on any atom is -0.167 e. The van der Waals surface area contributed by atoms with Gasteiger partial charge < -0.3 is 0 Å². The van der Waals surface area contributed by atoms with Gasteiger partial charge in [0.2, 0.25) is 0 Å². The van der Waals surface area contributed by atoms with Crippen LogP contribution in [0.1, 0.15) is 36.6 Å². The fourth-order valence-electron chi connectivity index (χ4n) is 1.79. The van der Waals surface area contributed by atoms with E-state index >= 15 is 0 Å². The molecule has 0 saturated heterocycles. The van der Waals surface area contributed by atoms with Crippen LogP contribution < -0.4 is 0 Å². The lowest BCUT2D eigenvalue weighted by atomic mass is 10.0. The third kappa shape index (κ3) is 4.58. The molecule has 0 aliphatic carbocycles. The maximum atomic E-state index is 4.70. The first-order valence-electron chi connectivity index (χ1n) is 6.42. The lowest BCUT2D eigenvalue weighted by Crippen LogP contribution is -1.91. The van der Waals surface area contributed by atoms with E-state index in [4.69, 9.17) is 12.6 Å². The smallest absolute Gasteiger partial charge is 0.0455 e. The second-order valence-electron chi connectivity index (χ2n) is 4.28. The second kappa shape index (κ2) is 7.99. The average Bonchev–Trinajstić information content (AvgIpc) is 2.38. The molecular weight excluding hydrogens is 236 g/mol. The molecule has 1 aromatic rings. The summed E-state index contributed by atoms with van der Waals surface area (Å²) in [5, 5.41) is 0.163. The summed E-state index contributed by atoms with van der Waals surface area (Å²) in [6, 6.07) is 8.41. The van der Waals surface area contributed by atoms with Gasteiger partial charge in [-0.1, -0.05) is 67.1 Å². The summed E-state index contributed by atoms with van der Waals surface area (Å²) in [4.78, 5) is 0. The summed E-state index contributed by atoms with van der Waals surface area (Å²) in [6.07, 6.45) is 11.6. The molecule has 96 valence electrons. The molecule has 0 nitrogen and oxygen atoms in total. The van der Waals surface area contributed by atoms with Gasteiger partial charge in [-0.15, -0.1) is 0 Å². The van der Waals surface area contributed by atoms with Crippen LogP contribution in [0, 0.1) is 6.92 Å². The van der Waals surface area contributed by atoms with Crippen LogP contribution in [0.5, 0.6) is 0 Å². The quantitative estimate of drug-likeness (QED) is 0.528. The van der Waals surface area contributed by atoms with Crippen LogP contribution in [0.4, 0.5) is 0 Å². The third-order valence-electron chi connectivity index (χ3n) is 2.90. The first kappa shape index (κ1) is 14.8. The van der Waals surface area contributed by atoms with Gasteiger partial charge in [0.15, 0.2) is 0 Å². The Hall–Kier alpha value is -1.21. The van der Waals surface area contributed by atoms with Crippen molar-refractivity contribution in [1.82, 2.24) is 0 Å². The fraction of sp³-hybridized carbons (Fsp3) is 0.294. The highest BCUT2D eigenvalue weighted by molar-refractivity contribution is 7.80. The summed E-state index contributed by atoms with van der Waals surface area (Å²) < 4.78 is 0. The molecule has 0 amide bonds. The van der Waals surface area contributed by atoms with E-state index in [0.29, 0.717) is 0 Å². The van der Waals surface area contributed by atoms with Crippen LogP contribution >= 0.6 is 12.6 Å². The molecule has 0 radical (unpaired) electrons.